The van der Waals surface area contributed by atoms with Crippen molar-refractivity contribution < 1.29 is 9.84 Å². The fourth-order valence-electron chi connectivity index (χ4n) is 8.02. The summed E-state index contributed by atoms with van der Waals surface area (Å²) in [6, 6.07) is 6.00. The zero-order chi connectivity index (χ0) is 23.4. The van der Waals surface area contributed by atoms with Crippen molar-refractivity contribution in [3.63, 3.8) is 0 Å². The summed E-state index contributed by atoms with van der Waals surface area (Å²) in [5, 5.41) is 10.2. The SMILES string of the molecule is CC(C)CC[C@H]1C[C@@H]2Cc3ccc(O)cc3CC#C[C@H]3[C@@H](N)[C@H]4CC[C@@]3(OC4(C)C)[C@H](C1)C2. The van der Waals surface area contributed by atoms with Crippen LogP contribution in [0.4, 0.5) is 0 Å². The molecule has 180 valence electrons. The summed E-state index contributed by atoms with van der Waals surface area (Å²) in [5.41, 5.74) is 9.17. The van der Waals surface area contributed by atoms with Gasteiger partial charge in [0.15, 0.2) is 0 Å². The highest BCUT2D eigenvalue weighted by Crippen LogP contribution is 2.59. The number of hydrogen-bond donors (Lipinski definition) is 2. The molecule has 2 saturated heterocycles. The number of fused-ring (bicyclic) bond motifs is 5. The second-order valence-corrected chi connectivity index (χ2v) is 12.6. The number of hydrogen-bond acceptors (Lipinski definition) is 3. The lowest BCUT2D eigenvalue weighted by molar-refractivity contribution is -0.287. The van der Waals surface area contributed by atoms with Crippen molar-refractivity contribution in [3.8, 4) is 17.6 Å². The first-order chi connectivity index (χ1) is 15.7. The third kappa shape index (κ3) is 4.23. The van der Waals surface area contributed by atoms with Crippen LogP contribution in [0.25, 0.3) is 0 Å². The van der Waals surface area contributed by atoms with Gasteiger partial charge in [0.2, 0.25) is 0 Å². The number of benzene rings is 1. The van der Waals surface area contributed by atoms with Crippen LogP contribution in [-0.2, 0) is 17.6 Å². The molecule has 4 bridgehead atoms. The van der Waals surface area contributed by atoms with Gasteiger partial charge < -0.3 is 15.6 Å². The predicted molar refractivity (Wildman–Crippen MR) is 134 cm³/mol. The van der Waals surface area contributed by atoms with Crippen LogP contribution in [0.15, 0.2) is 18.2 Å². The lowest BCUT2D eigenvalue weighted by Crippen LogP contribution is -2.71. The van der Waals surface area contributed by atoms with Crippen LogP contribution in [0.1, 0.15) is 83.8 Å². The molecule has 2 saturated carbocycles. The third-order valence-corrected chi connectivity index (χ3v) is 9.55. The van der Waals surface area contributed by atoms with Gasteiger partial charge in [0.05, 0.1) is 17.1 Å². The summed E-state index contributed by atoms with van der Waals surface area (Å²) >= 11 is 0. The molecule has 5 aliphatic rings. The van der Waals surface area contributed by atoms with Crippen LogP contribution in [0, 0.1) is 47.3 Å². The van der Waals surface area contributed by atoms with E-state index in [1.807, 2.05) is 12.1 Å². The van der Waals surface area contributed by atoms with Crippen LogP contribution in [0.5, 0.6) is 5.75 Å². The topological polar surface area (TPSA) is 55.5 Å². The minimum absolute atomic E-state index is 0.0777. The molecule has 3 N–H and O–H groups in total. The molecule has 0 aromatic heterocycles. The number of aromatic hydroxyl groups is 1. The molecule has 0 amide bonds. The smallest absolute Gasteiger partial charge is 0.115 e. The second-order valence-electron chi connectivity index (χ2n) is 12.6. The third-order valence-electron chi connectivity index (χ3n) is 9.55. The molecule has 3 heteroatoms. The summed E-state index contributed by atoms with van der Waals surface area (Å²) in [4.78, 5) is 0. The van der Waals surface area contributed by atoms with Crippen LogP contribution >= 0.6 is 0 Å². The maximum absolute atomic E-state index is 10.2. The van der Waals surface area contributed by atoms with Crippen molar-refractivity contribution in [3.05, 3.63) is 29.3 Å². The summed E-state index contributed by atoms with van der Waals surface area (Å²) in [5.74, 6) is 10.7. The summed E-state index contributed by atoms with van der Waals surface area (Å²) in [6.07, 6.45) is 10.4. The van der Waals surface area contributed by atoms with Crippen LogP contribution in [-0.4, -0.2) is 22.4 Å². The number of nitrogens with two attached hydrogens (primary N) is 1. The van der Waals surface area contributed by atoms with Gasteiger partial charge in [0.1, 0.15) is 5.75 Å². The van der Waals surface area contributed by atoms with Crippen molar-refractivity contribution in [1.82, 2.24) is 0 Å². The molecule has 4 fully saturated rings. The Hall–Kier alpha value is -1.50. The Morgan fingerprint density at radius 3 is 2.76 bits per heavy atom. The number of ether oxygens (including phenoxy) is 1. The zero-order valence-electron chi connectivity index (χ0n) is 21.1. The van der Waals surface area contributed by atoms with Gasteiger partial charge in [-0.1, -0.05) is 44.6 Å². The first kappa shape index (κ1) is 23.3. The molecule has 33 heavy (non-hydrogen) atoms. The van der Waals surface area contributed by atoms with Crippen molar-refractivity contribution in [2.75, 3.05) is 0 Å². The van der Waals surface area contributed by atoms with E-state index in [0.717, 1.165) is 31.1 Å². The molecule has 0 unspecified atom stereocenters. The van der Waals surface area contributed by atoms with Crippen molar-refractivity contribution in [2.45, 2.75) is 103 Å². The fourth-order valence-corrected chi connectivity index (χ4v) is 8.02. The van der Waals surface area contributed by atoms with E-state index in [9.17, 15) is 5.11 Å². The van der Waals surface area contributed by atoms with Crippen LogP contribution in [0.2, 0.25) is 0 Å². The summed E-state index contributed by atoms with van der Waals surface area (Å²) in [7, 11) is 0. The molecule has 3 nitrogen and oxygen atoms in total. The van der Waals surface area contributed by atoms with Crippen LogP contribution in [0.3, 0.4) is 0 Å². The van der Waals surface area contributed by atoms with E-state index >= 15 is 0 Å². The average molecular weight is 450 g/mol. The highest BCUT2D eigenvalue weighted by Gasteiger charge is 2.63. The molecule has 2 aliphatic heterocycles. The monoisotopic (exact) mass is 449 g/mol. The van der Waals surface area contributed by atoms with E-state index in [0.29, 0.717) is 29.9 Å². The maximum Gasteiger partial charge on any atom is 0.115 e. The summed E-state index contributed by atoms with van der Waals surface area (Å²) in [6.45, 7) is 9.23. The van der Waals surface area contributed by atoms with Gasteiger partial charge in [0, 0.05) is 18.4 Å². The Balaban J connectivity index is 1.57. The summed E-state index contributed by atoms with van der Waals surface area (Å²) < 4.78 is 7.14. The normalized spacial score (nSPS) is 39.1. The minimum Gasteiger partial charge on any atom is -0.508 e. The highest BCUT2D eigenvalue weighted by molar-refractivity contribution is 5.38. The second kappa shape index (κ2) is 8.62. The predicted octanol–water partition coefficient (Wildman–Crippen LogP) is 5.86. The Bertz CT molecular complexity index is 940. The molecule has 1 spiro atoms. The van der Waals surface area contributed by atoms with Gasteiger partial charge in [-0.2, -0.15) is 0 Å². The first-order valence-electron chi connectivity index (χ1n) is 13.4. The highest BCUT2D eigenvalue weighted by atomic mass is 16.5. The number of rotatable bonds is 3. The lowest BCUT2D eigenvalue weighted by atomic mass is 9.53. The van der Waals surface area contributed by atoms with Crippen molar-refractivity contribution >= 4 is 0 Å². The van der Waals surface area contributed by atoms with E-state index in [4.69, 9.17) is 10.5 Å². The molecular weight excluding hydrogens is 406 g/mol. The number of phenolic OH excluding ortho intramolecular Hbond substituents is 1. The van der Waals surface area contributed by atoms with Gasteiger partial charge in [-0.3, -0.25) is 0 Å². The average Bonchev–Trinajstić information content (AvgIpc) is 2.76. The van der Waals surface area contributed by atoms with Crippen molar-refractivity contribution in [1.29, 1.82) is 0 Å². The van der Waals surface area contributed by atoms with Gasteiger partial charge in [0.25, 0.3) is 0 Å². The lowest BCUT2D eigenvalue weighted by Gasteiger charge is -2.64. The minimum atomic E-state index is -0.210. The molecule has 1 aromatic rings. The van der Waals surface area contributed by atoms with E-state index in [2.05, 4.69) is 45.6 Å². The molecule has 7 atom stereocenters. The van der Waals surface area contributed by atoms with E-state index in [-0.39, 0.29) is 23.2 Å². The van der Waals surface area contributed by atoms with E-state index in [1.165, 1.54) is 43.2 Å². The van der Waals surface area contributed by atoms with Gasteiger partial charge in [-0.15, -0.1) is 0 Å². The fraction of sp³-hybridized carbons (Fsp3) is 0.733. The molecule has 0 radical (unpaired) electrons. The largest absolute Gasteiger partial charge is 0.508 e. The van der Waals surface area contributed by atoms with Crippen molar-refractivity contribution in [2.24, 2.45) is 41.2 Å². The standard InChI is InChI=1S/C30H43NO2/c1-19(2)8-9-20-14-21-15-23-10-11-25(32)18-22(23)6-5-7-27-28(31)26-12-13-30(27,24(16-20)17-21)33-29(26,3)4/h10-11,18-21,24,26-28,32H,6,8-9,12-17,31H2,1-4H3/t20-,21+,24+,26+,27-,28-,30+/m0/s1. The van der Waals surface area contributed by atoms with Gasteiger partial charge in [-0.25, -0.2) is 0 Å². The Morgan fingerprint density at radius 2 is 2.00 bits per heavy atom. The van der Waals surface area contributed by atoms with E-state index in [1.54, 1.807) is 0 Å². The zero-order valence-corrected chi connectivity index (χ0v) is 21.1. The quantitative estimate of drug-likeness (QED) is 0.568. The number of phenols is 1. The molecule has 3 aliphatic carbocycles. The maximum atomic E-state index is 10.2. The molecule has 2 heterocycles. The molecule has 6 rings (SSSR count). The van der Waals surface area contributed by atoms with Crippen LogP contribution < -0.4 is 5.73 Å². The molecule has 1 aromatic carbocycles. The Kier molecular flexibility index (Phi) is 6.07. The van der Waals surface area contributed by atoms with E-state index < -0.39 is 0 Å². The molecular formula is C30H43NO2. The Labute approximate surface area is 200 Å². The Morgan fingerprint density at radius 1 is 1.18 bits per heavy atom. The van der Waals surface area contributed by atoms with Gasteiger partial charge >= 0.3 is 0 Å². The van der Waals surface area contributed by atoms with Gasteiger partial charge in [-0.05, 0) is 99.3 Å². The first-order valence-corrected chi connectivity index (χ1v) is 13.4.